The first-order chi connectivity index (χ1) is 8.65. The summed E-state index contributed by atoms with van der Waals surface area (Å²) in [5.41, 5.74) is 0. The van der Waals surface area contributed by atoms with Gasteiger partial charge in [-0.25, -0.2) is 0 Å². The Labute approximate surface area is 110 Å². The fourth-order valence-electron chi connectivity index (χ4n) is 2.48. The number of likely N-dealkylation sites (tertiary alicyclic amines) is 1. The van der Waals surface area contributed by atoms with Crippen molar-refractivity contribution in [3.63, 3.8) is 0 Å². The minimum atomic E-state index is 0.105. The summed E-state index contributed by atoms with van der Waals surface area (Å²) in [6, 6.07) is 0. The molecule has 2 N–H and O–H groups in total. The predicted molar refractivity (Wildman–Crippen MR) is 72.4 cm³/mol. The van der Waals surface area contributed by atoms with E-state index in [4.69, 9.17) is 5.11 Å². The lowest BCUT2D eigenvalue weighted by Gasteiger charge is -2.33. The van der Waals surface area contributed by atoms with Crippen LogP contribution in [0.3, 0.4) is 0 Å². The number of hydrogen-bond donors (Lipinski definition) is 2. The highest BCUT2D eigenvalue weighted by Gasteiger charge is 2.21. The predicted octanol–water partition coefficient (Wildman–Crippen LogP) is -0.241. The molecule has 0 aromatic heterocycles. The Balaban J connectivity index is 2.16. The SMILES string of the molecule is CNC(=O)CN1CCC(CN(C)CCCO)CC1. The number of aliphatic hydroxyl groups is 1. The van der Waals surface area contributed by atoms with Crippen molar-refractivity contribution in [2.45, 2.75) is 19.3 Å². The van der Waals surface area contributed by atoms with Crippen LogP contribution in [0.4, 0.5) is 0 Å². The fraction of sp³-hybridized carbons (Fsp3) is 0.923. The number of carbonyl (C=O) groups excluding carboxylic acids is 1. The number of amides is 1. The van der Waals surface area contributed by atoms with E-state index >= 15 is 0 Å². The molecule has 0 aromatic rings. The minimum absolute atomic E-state index is 0.105. The number of carbonyl (C=O) groups is 1. The normalized spacial score (nSPS) is 18.2. The van der Waals surface area contributed by atoms with Crippen LogP contribution in [0.1, 0.15) is 19.3 Å². The van der Waals surface area contributed by atoms with E-state index in [1.54, 1.807) is 7.05 Å². The number of nitrogens with zero attached hydrogens (tertiary/aromatic N) is 2. The Bertz CT molecular complexity index is 240. The monoisotopic (exact) mass is 257 g/mol. The lowest BCUT2D eigenvalue weighted by molar-refractivity contribution is -0.122. The summed E-state index contributed by atoms with van der Waals surface area (Å²) in [4.78, 5) is 15.8. The van der Waals surface area contributed by atoms with Crippen molar-refractivity contribution in [2.24, 2.45) is 5.92 Å². The second-order valence-corrected chi connectivity index (χ2v) is 5.23. The molecule has 0 saturated carbocycles. The van der Waals surface area contributed by atoms with Crippen molar-refractivity contribution < 1.29 is 9.90 Å². The first-order valence-electron chi connectivity index (χ1n) is 6.88. The highest BCUT2D eigenvalue weighted by atomic mass is 16.3. The molecule has 1 heterocycles. The van der Waals surface area contributed by atoms with Gasteiger partial charge in [-0.05, 0) is 45.3 Å². The van der Waals surface area contributed by atoms with E-state index in [2.05, 4.69) is 22.2 Å². The summed E-state index contributed by atoms with van der Waals surface area (Å²) in [6.45, 7) is 4.92. The number of nitrogens with one attached hydrogen (secondary N) is 1. The Morgan fingerprint density at radius 2 is 2.11 bits per heavy atom. The molecule has 106 valence electrons. The van der Waals surface area contributed by atoms with Gasteiger partial charge in [0.2, 0.25) is 5.91 Å². The largest absolute Gasteiger partial charge is 0.396 e. The van der Waals surface area contributed by atoms with Crippen molar-refractivity contribution in [1.29, 1.82) is 0 Å². The van der Waals surface area contributed by atoms with Gasteiger partial charge in [0.05, 0.1) is 6.54 Å². The van der Waals surface area contributed by atoms with Crippen LogP contribution in [-0.2, 0) is 4.79 Å². The van der Waals surface area contributed by atoms with Crippen molar-refractivity contribution in [3.05, 3.63) is 0 Å². The van der Waals surface area contributed by atoms with Crippen LogP contribution >= 0.6 is 0 Å². The minimum Gasteiger partial charge on any atom is -0.396 e. The molecule has 1 amide bonds. The maximum Gasteiger partial charge on any atom is 0.233 e. The fourth-order valence-corrected chi connectivity index (χ4v) is 2.48. The quantitative estimate of drug-likeness (QED) is 0.661. The maximum absolute atomic E-state index is 11.3. The summed E-state index contributed by atoms with van der Waals surface area (Å²) in [6.07, 6.45) is 3.19. The molecule has 18 heavy (non-hydrogen) atoms. The Morgan fingerprint density at radius 3 is 2.67 bits per heavy atom. The number of rotatable bonds is 7. The van der Waals surface area contributed by atoms with E-state index in [1.165, 1.54) is 12.8 Å². The maximum atomic E-state index is 11.3. The average Bonchev–Trinajstić information content (AvgIpc) is 2.38. The standard InChI is InChI=1S/C13H27N3O2/c1-14-13(18)11-16-7-4-12(5-8-16)10-15(2)6-3-9-17/h12,17H,3-11H2,1-2H3,(H,14,18). The molecule has 0 unspecified atom stereocenters. The van der Waals surface area contributed by atoms with Crippen molar-refractivity contribution in [3.8, 4) is 0 Å². The van der Waals surface area contributed by atoms with Gasteiger partial charge in [-0.15, -0.1) is 0 Å². The van der Waals surface area contributed by atoms with Crippen LogP contribution in [0.2, 0.25) is 0 Å². The number of piperidine rings is 1. The van der Waals surface area contributed by atoms with E-state index in [0.29, 0.717) is 6.54 Å². The molecule has 0 atom stereocenters. The average molecular weight is 257 g/mol. The van der Waals surface area contributed by atoms with Gasteiger partial charge < -0.3 is 15.3 Å². The molecular weight excluding hydrogens is 230 g/mol. The van der Waals surface area contributed by atoms with Crippen LogP contribution in [-0.4, -0.2) is 74.2 Å². The van der Waals surface area contributed by atoms with Gasteiger partial charge in [0, 0.05) is 26.7 Å². The Hall–Kier alpha value is -0.650. The third-order valence-corrected chi connectivity index (χ3v) is 3.62. The van der Waals surface area contributed by atoms with E-state index in [1.807, 2.05) is 0 Å². The summed E-state index contributed by atoms with van der Waals surface area (Å²) >= 11 is 0. The third kappa shape index (κ3) is 5.80. The molecule has 5 nitrogen and oxygen atoms in total. The zero-order valence-electron chi connectivity index (χ0n) is 11.7. The summed E-state index contributed by atoms with van der Waals surface area (Å²) in [7, 11) is 3.80. The van der Waals surface area contributed by atoms with Crippen molar-refractivity contribution in [1.82, 2.24) is 15.1 Å². The summed E-state index contributed by atoms with van der Waals surface area (Å²) < 4.78 is 0. The highest BCUT2D eigenvalue weighted by molar-refractivity contribution is 5.77. The topological polar surface area (TPSA) is 55.8 Å². The first kappa shape index (κ1) is 15.4. The molecule has 1 aliphatic heterocycles. The molecule has 0 bridgehead atoms. The van der Waals surface area contributed by atoms with Gasteiger partial charge in [-0.1, -0.05) is 0 Å². The molecule has 0 radical (unpaired) electrons. The highest BCUT2D eigenvalue weighted by Crippen LogP contribution is 2.17. The molecule has 1 aliphatic rings. The lowest BCUT2D eigenvalue weighted by Crippen LogP contribution is -2.42. The summed E-state index contributed by atoms with van der Waals surface area (Å²) in [5, 5.41) is 11.5. The van der Waals surface area contributed by atoms with Crippen LogP contribution < -0.4 is 5.32 Å². The zero-order valence-corrected chi connectivity index (χ0v) is 11.7. The van der Waals surface area contributed by atoms with Gasteiger partial charge in [0.1, 0.15) is 0 Å². The molecule has 0 aromatic carbocycles. The molecular formula is C13H27N3O2. The van der Waals surface area contributed by atoms with Crippen LogP contribution in [0.15, 0.2) is 0 Å². The van der Waals surface area contributed by atoms with Gasteiger partial charge in [-0.3, -0.25) is 9.69 Å². The number of aliphatic hydroxyl groups excluding tert-OH is 1. The van der Waals surface area contributed by atoms with E-state index in [9.17, 15) is 4.79 Å². The molecule has 0 aliphatic carbocycles. The number of hydrogen-bond acceptors (Lipinski definition) is 4. The number of likely N-dealkylation sites (N-methyl/N-ethyl adjacent to an activating group) is 1. The van der Waals surface area contributed by atoms with E-state index in [0.717, 1.165) is 38.5 Å². The van der Waals surface area contributed by atoms with Gasteiger partial charge in [-0.2, -0.15) is 0 Å². The van der Waals surface area contributed by atoms with Gasteiger partial charge in [0.15, 0.2) is 0 Å². The summed E-state index contributed by atoms with van der Waals surface area (Å²) in [5.74, 6) is 0.836. The van der Waals surface area contributed by atoms with E-state index in [-0.39, 0.29) is 12.5 Å². The zero-order chi connectivity index (χ0) is 13.4. The molecule has 5 heteroatoms. The molecule has 1 fully saturated rings. The lowest BCUT2D eigenvalue weighted by atomic mass is 9.96. The Morgan fingerprint density at radius 1 is 1.44 bits per heavy atom. The van der Waals surface area contributed by atoms with Crippen LogP contribution in [0.5, 0.6) is 0 Å². The van der Waals surface area contributed by atoms with Crippen molar-refractivity contribution in [2.75, 3.05) is 53.4 Å². The molecule has 0 spiro atoms. The molecule has 1 rings (SSSR count). The second-order valence-electron chi connectivity index (χ2n) is 5.23. The van der Waals surface area contributed by atoms with Crippen molar-refractivity contribution >= 4 is 5.91 Å². The van der Waals surface area contributed by atoms with E-state index < -0.39 is 0 Å². The first-order valence-corrected chi connectivity index (χ1v) is 6.88. The second kappa shape index (κ2) is 8.45. The Kier molecular flexibility index (Phi) is 7.23. The van der Waals surface area contributed by atoms with Crippen LogP contribution in [0, 0.1) is 5.92 Å². The third-order valence-electron chi connectivity index (χ3n) is 3.62. The van der Waals surface area contributed by atoms with Gasteiger partial charge in [0.25, 0.3) is 0 Å². The van der Waals surface area contributed by atoms with Crippen LogP contribution in [0.25, 0.3) is 0 Å². The molecule has 1 saturated heterocycles. The van der Waals surface area contributed by atoms with Gasteiger partial charge >= 0.3 is 0 Å². The smallest absolute Gasteiger partial charge is 0.233 e.